The maximum absolute atomic E-state index is 12.1. The first-order valence-electron chi connectivity index (χ1n) is 6.03. The van der Waals surface area contributed by atoms with Crippen molar-refractivity contribution in [1.82, 2.24) is 10.6 Å². The Balaban J connectivity index is 2.37. The molecule has 1 saturated carbocycles. The van der Waals surface area contributed by atoms with Gasteiger partial charge in [0.25, 0.3) is 0 Å². The van der Waals surface area contributed by atoms with E-state index < -0.39 is 36.7 Å². The van der Waals surface area contributed by atoms with Crippen LogP contribution in [0, 0.1) is 5.92 Å². The lowest BCUT2D eigenvalue weighted by atomic mass is 10.1. The van der Waals surface area contributed by atoms with E-state index in [1.807, 2.05) is 0 Å². The molecule has 0 aromatic heterocycles. The van der Waals surface area contributed by atoms with Crippen LogP contribution < -0.4 is 10.6 Å². The number of alkyl halides is 3. The fourth-order valence-electron chi connectivity index (χ4n) is 1.85. The van der Waals surface area contributed by atoms with Crippen molar-refractivity contribution in [3.05, 3.63) is 0 Å². The SMILES string of the molecule is CC(CC(F)(F)F)NC(=O)NC(CC(=O)O)C1CC1. The summed E-state index contributed by atoms with van der Waals surface area (Å²) in [5, 5.41) is 13.3. The van der Waals surface area contributed by atoms with E-state index in [1.165, 1.54) is 6.92 Å². The van der Waals surface area contributed by atoms with Gasteiger partial charge in [0, 0.05) is 12.1 Å². The fraction of sp³-hybridized carbons (Fsp3) is 0.818. The molecule has 0 aromatic rings. The molecule has 1 rings (SSSR count). The molecule has 0 heterocycles. The molecular formula is C11H17F3N2O3. The van der Waals surface area contributed by atoms with Crippen LogP contribution in [0.4, 0.5) is 18.0 Å². The van der Waals surface area contributed by atoms with Gasteiger partial charge in [-0.1, -0.05) is 0 Å². The Labute approximate surface area is 108 Å². The van der Waals surface area contributed by atoms with Gasteiger partial charge in [0.05, 0.1) is 12.8 Å². The molecule has 2 atom stereocenters. The molecule has 8 heteroatoms. The van der Waals surface area contributed by atoms with Gasteiger partial charge in [0.1, 0.15) is 0 Å². The van der Waals surface area contributed by atoms with Crippen LogP contribution in [-0.2, 0) is 4.79 Å². The van der Waals surface area contributed by atoms with Gasteiger partial charge in [-0.15, -0.1) is 0 Å². The zero-order chi connectivity index (χ0) is 14.6. The maximum Gasteiger partial charge on any atom is 0.391 e. The molecule has 1 aliphatic rings. The number of amides is 2. The highest BCUT2D eigenvalue weighted by Crippen LogP contribution is 2.34. The predicted molar refractivity (Wildman–Crippen MR) is 60.6 cm³/mol. The molecule has 3 N–H and O–H groups in total. The first-order chi connectivity index (χ1) is 8.67. The minimum atomic E-state index is -4.34. The molecule has 5 nitrogen and oxygen atoms in total. The summed E-state index contributed by atoms with van der Waals surface area (Å²) < 4.78 is 36.2. The number of carboxylic acid groups (broad SMARTS) is 1. The molecular weight excluding hydrogens is 265 g/mol. The molecule has 0 bridgehead atoms. The number of urea groups is 1. The number of carbonyl (C=O) groups excluding carboxylic acids is 1. The highest BCUT2D eigenvalue weighted by Gasteiger charge is 2.35. The summed E-state index contributed by atoms with van der Waals surface area (Å²) >= 11 is 0. The normalized spacial score (nSPS) is 18.5. The van der Waals surface area contributed by atoms with Crippen LogP contribution in [0.25, 0.3) is 0 Å². The van der Waals surface area contributed by atoms with Crippen molar-refractivity contribution in [2.45, 2.75) is 50.9 Å². The number of aliphatic carboxylic acids is 1. The number of hydrogen-bond donors (Lipinski definition) is 3. The van der Waals surface area contributed by atoms with Gasteiger partial charge >= 0.3 is 18.2 Å². The Hall–Kier alpha value is -1.47. The number of nitrogens with one attached hydrogen (secondary N) is 2. The van der Waals surface area contributed by atoms with E-state index in [4.69, 9.17) is 5.11 Å². The van der Waals surface area contributed by atoms with Gasteiger partial charge in [-0.05, 0) is 25.7 Å². The third kappa shape index (κ3) is 6.88. The minimum Gasteiger partial charge on any atom is -0.481 e. The lowest BCUT2D eigenvalue weighted by Crippen LogP contribution is -2.47. The van der Waals surface area contributed by atoms with Gasteiger partial charge in [-0.25, -0.2) is 4.79 Å². The van der Waals surface area contributed by atoms with Crippen molar-refractivity contribution >= 4 is 12.0 Å². The topological polar surface area (TPSA) is 78.4 Å². The standard InChI is InChI=1S/C11H17F3N2O3/c1-6(5-11(12,13)14)15-10(19)16-8(4-9(17)18)7-2-3-7/h6-8H,2-5H2,1H3,(H,17,18)(H2,15,16,19). The second-order valence-corrected chi connectivity index (χ2v) is 4.88. The smallest absolute Gasteiger partial charge is 0.391 e. The Kier molecular flexibility index (Phi) is 5.02. The van der Waals surface area contributed by atoms with E-state index >= 15 is 0 Å². The van der Waals surface area contributed by atoms with Crippen LogP contribution in [-0.4, -0.2) is 35.4 Å². The van der Waals surface area contributed by atoms with E-state index in [0.29, 0.717) is 0 Å². The molecule has 0 spiro atoms. The fourth-order valence-corrected chi connectivity index (χ4v) is 1.85. The Morgan fingerprint density at radius 2 is 1.89 bits per heavy atom. The second kappa shape index (κ2) is 6.12. The van der Waals surface area contributed by atoms with Crippen LogP contribution >= 0.6 is 0 Å². The maximum atomic E-state index is 12.1. The summed E-state index contributed by atoms with van der Waals surface area (Å²) in [6.45, 7) is 1.25. The second-order valence-electron chi connectivity index (χ2n) is 4.88. The molecule has 0 aromatic carbocycles. The van der Waals surface area contributed by atoms with E-state index in [2.05, 4.69) is 10.6 Å². The molecule has 0 radical (unpaired) electrons. The third-order valence-electron chi connectivity index (χ3n) is 2.82. The van der Waals surface area contributed by atoms with E-state index in [9.17, 15) is 22.8 Å². The average molecular weight is 282 g/mol. The monoisotopic (exact) mass is 282 g/mol. The van der Waals surface area contributed by atoms with Gasteiger partial charge in [-0.3, -0.25) is 4.79 Å². The Morgan fingerprint density at radius 3 is 2.32 bits per heavy atom. The molecule has 1 fully saturated rings. The van der Waals surface area contributed by atoms with Crippen molar-refractivity contribution in [3.63, 3.8) is 0 Å². The Bertz CT molecular complexity index is 343. The van der Waals surface area contributed by atoms with Crippen molar-refractivity contribution < 1.29 is 27.9 Å². The molecule has 1 aliphatic carbocycles. The van der Waals surface area contributed by atoms with Crippen molar-refractivity contribution in [3.8, 4) is 0 Å². The predicted octanol–water partition coefficient (Wildman–Crippen LogP) is 1.88. The van der Waals surface area contributed by atoms with Gasteiger partial charge in [-0.2, -0.15) is 13.2 Å². The highest BCUT2D eigenvalue weighted by atomic mass is 19.4. The summed E-state index contributed by atoms with van der Waals surface area (Å²) in [7, 11) is 0. The number of rotatable bonds is 6. The first kappa shape index (κ1) is 15.6. The summed E-state index contributed by atoms with van der Waals surface area (Å²) in [5.41, 5.74) is 0. The molecule has 110 valence electrons. The zero-order valence-corrected chi connectivity index (χ0v) is 10.5. The number of halogens is 3. The molecule has 0 aliphatic heterocycles. The van der Waals surface area contributed by atoms with Gasteiger partial charge < -0.3 is 15.7 Å². The number of hydrogen-bond acceptors (Lipinski definition) is 2. The van der Waals surface area contributed by atoms with Crippen molar-refractivity contribution in [1.29, 1.82) is 0 Å². The van der Waals surface area contributed by atoms with Crippen molar-refractivity contribution in [2.24, 2.45) is 5.92 Å². The minimum absolute atomic E-state index is 0.111. The molecule has 2 unspecified atom stereocenters. The van der Waals surface area contributed by atoms with Gasteiger partial charge in [0.15, 0.2) is 0 Å². The van der Waals surface area contributed by atoms with Crippen LogP contribution in [0.1, 0.15) is 32.6 Å². The summed E-state index contributed by atoms with van der Waals surface area (Å²) in [5.74, 6) is -0.930. The lowest BCUT2D eigenvalue weighted by molar-refractivity contribution is -0.138. The average Bonchev–Trinajstić information content (AvgIpc) is 2.94. The van der Waals surface area contributed by atoms with Crippen molar-refractivity contribution in [2.75, 3.05) is 0 Å². The van der Waals surface area contributed by atoms with E-state index in [0.717, 1.165) is 12.8 Å². The summed E-state index contributed by atoms with van der Waals surface area (Å²) in [6, 6.07) is -2.32. The quantitative estimate of drug-likeness (QED) is 0.696. The summed E-state index contributed by atoms with van der Waals surface area (Å²) in [4.78, 5) is 22.1. The molecule has 19 heavy (non-hydrogen) atoms. The van der Waals surface area contributed by atoms with Crippen LogP contribution in [0.3, 0.4) is 0 Å². The molecule has 0 saturated heterocycles. The van der Waals surface area contributed by atoms with E-state index in [1.54, 1.807) is 0 Å². The third-order valence-corrected chi connectivity index (χ3v) is 2.82. The summed E-state index contributed by atoms with van der Waals surface area (Å²) in [6.07, 6.45) is -4.02. The number of carbonyl (C=O) groups is 2. The van der Waals surface area contributed by atoms with Crippen LogP contribution in [0.15, 0.2) is 0 Å². The highest BCUT2D eigenvalue weighted by molar-refractivity contribution is 5.76. The number of carboxylic acids is 1. The lowest BCUT2D eigenvalue weighted by Gasteiger charge is -2.20. The first-order valence-corrected chi connectivity index (χ1v) is 6.03. The van der Waals surface area contributed by atoms with Gasteiger partial charge in [0.2, 0.25) is 0 Å². The largest absolute Gasteiger partial charge is 0.481 e. The van der Waals surface area contributed by atoms with Crippen LogP contribution in [0.2, 0.25) is 0 Å². The molecule has 2 amide bonds. The Morgan fingerprint density at radius 1 is 1.32 bits per heavy atom. The van der Waals surface area contributed by atoms with E-state index in [-0.39, 0.29) is 12.3 Å². The zero-order valence-electron chi connectivity index (χ0n) is 10.5. The van der Waals surface area contributed by atoms with Crippen LogP contribution in [0.5, 0.6) is 0 Å².